The van der Waals surface area contributed by atoms with E-state index in [9.17, 15) is 18.0 Å². The minimum atomic E-state index is -3.26. The lowest BCUT2D eigenvalue weighted by atomic mass is 10.2. The fourth-order valence-corrected chi connectivity index (χ4v) is 2.92. The Balaban J connectivity index is 1.73. The molecule has 2 aromatic rings. The molecule has 0 radical (unpaired) electrons. The molecule has 0 aromatic heterocycles. The number of carbonyl (C=O) groups is 2. The molecule has 0 saturated carbocycles. The highest BCUT2D eigenvalue weighted by Crippen LogP contribution is 2.14. The number of amides is 2. The van der Waals surface area contributed by atoms with E-state index < -0.39 is 9.84 Å². The Morgan fingerprint density at radius 1 is 1.00 bits per heavy atom. The number of rotatable bonds is 7. The van der Waals surface area contributed by atoms with Crippen molar-refractivity contribution in [1.29, 1.82) is 0 Å². The van der Waals surface area contributed by atoms with Gasteiger partial charge in [-0.3, -0.25) is 9.59 Å². The maximum absolute atomic E-state index is 11.9. The lowest BCUT2D eigenvalue weighted by molar-refractivity contribution is -0.116. The van der Waals surface area contributed by atoms with Crippen molar-refractivity contribution in [2.75, 3.05) is 18.1 Å². The smallest absolute Gasteiger partial charge is 0.251 e. The SMILES string of the molecule is CS(=O)(=O)c1ccc(NC(=O)CCCNC(=O)c2ccc(Cl)cc2)cc1. The first-order chi connectivity index (χ1) is 12.3. The molecule has 8 heteroatoms. The molecule has 0 aliphatic rings. The third-order valence-corrected chi connectivity index (χ3v) is 4.92. The predicted molar refractivity (Wildman–Crippen MR) is 101 cm³/mol. The van der Waals surface area contributed by atoms with E-state index in [1.54, 1.807) is 24.3 Å². The Morgan fingerprint density at radius 3 is 2.19 bits per heavy atom. The lowest BCUT2D eigenvalue weighted by Crippen LogP contribution is -2.25. The molecule has 0 bridgehead atoms. The van der Waals surface area contributed by atoms with Crippen LogP contribution in [-0.4, -0.2) is 33.0 Å². The van der Waals surface area contributed by atoms with Crippen LogP contribution in [0.25, 0.3) is 0 Å². The van der Waals surface area contributed by atoms with Gasteiger partial charge in [0.05, 0.1) is 4.90 Å². The number of halogens is 1. The van der Waals surface area contributed by atoms with E-state index >= 15 is 0 Å². The first kappa shape index (κ1) is 19.9. The summed E-state index contributed by atoms with van der Waals surface area (Å²) in [5, 5.41) is 5.98. The number of hydrogen-bond acceptors (Lipinski definition) is 4. The quantitative estimate of drug-likeness (QED) is 0.706. The molecule has 0 spiro atoms. The Kier molecular flexibility index (Phi) is 6.76. The van der Waals surface area contributed by atoms with E-state index in [1.807, 2.05) is 0 Å². The molecule has 0 aliphatic carbocycles. The monoisotopic (exact) mass is 394 g/mol. The van der Waals surface area contributed by atoms with Gasteiger partial charge in [-0.2, -0.15) is 0 Å². The highest BCUT2D eigenvalue weighted by Gasteiger charge is 2.08. The Bertz CT molecular complexity index is 878. The van der Waals surface area contributed by atoms with Gasteiger partial charge in [0, 0.05) is 35.5 Å². The summed E-state index contributed by atoms with van der Waals surface area (Å²) < 4.78 is 22.8. The molecule has 138 valence electrons. The fourth-order valence-electron chi connectivity index (χ4n) is 2.16. The third kappa shape index (κ3) is 6.16. The first-order valence-corrected chi connectivity index (χ1v) is 10.2. The zero-order valence-corrected chi connectivity index (χ0v) is 15.7. The van der Waals surface area contributed by atoms with Gasteiger partial charge in [-0.25, -0.2) is 8.42 Å². The van der Waals surface area contributed by atoms with Gasteiger partial charge >= 0.3 is 0 Å². The van der Waals surface area contributed by atoms with Crippen LogP contribution in [0.3, 0.4) is 0 Å². The lowest BCUT2D eigenvalue weighted by Gasteiger charge is -2.07. The number of carbonyl (C=O) groups excluding carboxylic acids is 2. The number of sulfone groups is 1. The van der Waals surface area contributed by atoms with Crippen molar-refractivity contribution in [1.82, 2.24) is 5.32 Å². The summed E-state index contributed by atoms with van der Waals surface area (Å²) in [4.78, 5) is 24.0. The minimum absolute atomic E-state index is 0.195. The molecule has 0 unspecified atom stereocenters. The van der Waals surface area contributed by atoms with Gasteiger partial charge in [-0.05, 0) is 55.0 Å². The molecule has 6 nitrogen and oxygen atoms in total. The van der Waals surface area contributed by atoms with Crippen molar-refractivity contribution in [2.24, 2.45) is 0 Å². The second kappa shape index (κ2) is 8.82. The van der Waals surface area contributed by atoms with Crippen LogP contribution in [0.5, 0.6) is 0 Å². The van der Waals surface area contributed by atoms with Crippen LogP contribution < -0.4 is 10.6 Å². The maximum atomic E-state index is 11.9. The van der Waals surface area contributed by atoms with Crippen molar-refractivity contribution in [3.8, 4) is 0 Å². The minimum Gasteiger partial charge on any atom is -0.352 e. The van der Waals surface area contributed by atoms with Gasteiger partial charge in [0.15, 0.2) is 9.84 Å². The van der Waals surface area contributed by atoms with Gasteiger partial charge < -0.3 is 10.6 Å². The van der Waals surface area contributed by atoms with Gasteiger partial charge in [-0.1, -0.05) is 11.6 Å². The fraction of sp³-hybridized carbons (Fsp3) is 0.222. The molecular formula is C18H19ClN2O4S. The molecule has 26 heavy (non-hydrogen) atoms. The van der Waals surface area contributed by atoms with E-state index in [1.165, 1.54) is 24.3 Å². The standard InChI is InChI=1S/C18H19ClN2O4S/c1-26(24,25)16-10-8-15(9-11-16)21-17(22)3-2-12-20-18(23)13-4-6-14(19)7-5-13/h4-11H,2-3,12H2,1H3,(H,20,23)(H,21,22). The van der Waals surface area contributed by atoms with E-state index in [0.29, 0.717) is 29.2 Å². The molecule has 0 aliphatic heterocycles. The average molecular weight is 395 g/mol. The topological polar surface area (TPSA) is 92.3 Å². The highest BCUT2D eigenvalue weighted by atomic mass is 35.5. The van der Waals surface area contributed by atoms with Crippen LogP contribution in [0.2, 0.25) is 5.02 Å². The van der Waals surface area contributed by atoms with Crippen molar-refractivity contribution in [3.05, 3.63) is 59.1 Å². The van der Waals surface area contributed by atoms with Crippen LogP contribution in [-0.2, 0) is 14.6 Å². The summed E-state index contributed by atoms with van der Waals surface area (Å²) >= 11 is 5.77. The number of nitrogens with one attached hydrogen (secondary N) is 2. The zero-order valence-electron chi connectivity index (χ0n) is 14.2. The zero-order chi connectivity index (χ0) is 19.2. The Morgan fingerprint density at radius 2 is 1.62 bits per heavy atom. The van der Waals surface area contributed by atoms with E-state index in [4.69, 9.17) is 11.6 Å². The van der Waals surface area contributed by atoms with Crippen LogP contribution in [0.4, 0.5) is 5.69 Å². The van der Waals surface area contributed by atoms with Crippen LogP contribution >= 0.6 is 11.6 Å². The molecule has 2 aromatic carbocycles. The second-order valence-corrected chi connectivity index (χ2v) is 8.16. The molecule has 0 saturated heterocycles. The molecule has 2 amide bonds. The number of benzene rings is 2. The van der Waals surface area contributed by atoms with Gasteiger partial charge in [-0.15, -0.1) is 0 Å². The van der Waals surface area contributed by atoms with Crippen molar-refractivity contribution >= 4 is 38.9 Å². The van der Waals surface area contributed by atoms with E-state index in [0.717, 1.165) is 6.26 Å². The summed E-state index contributed by atoms with van der Waals surface area (Å²) in [5.41, 5.74) is 1.03. The van der Waals surface area contributed by atoms with Crippen molar-refractivity contribution < 1.29 is 18.0 Å². The molecule has 2 N–H and O–H groups in total. The summed E-state index contributed by atoms with van der Waals surface area (Å²) in [7, 11) is -3.26. The summed E-state index contributed by atoms with van der Waals surface area (Å²) in [5.74, 6) is -0.434. The number of anilines is 1. The molecular weight excluding hydrogens is 376 g/mol. The summed E-state index contributed by atoms with van der Waals surface area (Å²) in [6, 6.07) is 12.5. The van der Waals surface area contributed by atoms with Crippen LogP contribution in [0, 0.1) is 0 Å². The van der Waals surface area contributed by atoms with Crippen molar-refractivity contribution in [3.63, 3.8) is 0 Å². The Labute approximate surface area is 157 Å². The molecule has 2 rings (SSSR count). The first-order valence-electron chi connectivity index (χ1n) is 7.89. The normalized spacial score (nSPS) is 11.0. The van der Waals surface area contributed by atoms with Crippen LogP contribution in [0.1, 0.15) is 23.2 Å². The second-order valence-electron chi connectivity index (χ2n) is 5.71. The Hall–Kier alpha value is -2.38. The summed E-state index contributed by atoms with van der Waals surface area (Å²) in [6.45, 7) is 0.363. The van der Waals surface area contributed by atoms with Gasteiger partial charge in [0.2, 0.25) is 5.91 Å². The molecule has 0 atom stereocenters. The van der Waals surface area contributed by atoms with E-state index in [2.05, 4.69) is 10.6 Å². The third-order valence-electron chi connectivity index (χ3n) is 3.54. The number of hydrogen-bond donors (Lipinski definition) is 2. The predicted octanol–water partition coefficient (Wildman–Crippen LogP) is 2.89. The maximum Gasteiger partial charge on any atom is 0.251 e. The average Bonchev–Trinajstić information content (AvgIpc) is 2.59. The summed E-state index contributed by atoms with van der Waals surface area (Å²) in [6.07, 6.45) is 1.83. The van der Waals surface area contributed by atoms with Crippen LogP contribution in [0.15, 0.2) is 53.4 Å². The van der Waals surface area contributed by atoms with Gasteiger partial charge in [0.25, 0.3) is 5.91 Å². The van der Waals surface area contributed by atoms with E-state index in [-0.39, 0.29) is 23.1 Å². The molecule has 0 fully saturated rings. The highest BCUT2D eigenvalue weighted by molar-refractivity contribution is 7.90. The van der Waals surface area contributed by atoms with Gasteiger partial charge in [0.1, 0.15) is 0 Å². The van der Waals surface area contributed by atoms with Crippen molar-refractivity contribution in [2.45, 2.75) is 17.7 Å². The molecule has 0 heterocycles. The largest absolute Gasteiger partial charge is 0.352 e.